The van der Waals surface area contributed by atoms with Crippen LogP contribution in [-0.4, -0.2) is 4.57 Å². The van der Waals surface area contributed by atoms with Gasteiger partial charge in [0.15, 0.2) is 0 Å². The van der Waals surface area contributed by atoms with Crippen LogP contribution in [0.5, 0.6) is 0 Å². The number of rotatable bonds is 8. The Morgan fingerprint density at radius 3 is 1.17 bits per heavy atom. The summed E-state index contributed by atoms with van der Waals surface area (Å²) < 4.78 is 2.44. The molecule has 46 heavy (non-hydrogen) atoms. The number of hydrogen-bond acceptors (Lipinski definition) is 2. The third-order valence-corrected chi connectivity index (χ3v) is 8.59. The van der Waals surface area contributed by atoms with Crippen molar-refractivity contribution >= 4 is 55.9 Å². The number of benzene rings is 7. The van der Waals surface area contributed by atoms with Gasteiger partial charge in [-0.3, -0.25) is 9.80 Å². The van der Waals surface area contributed by atoms with E-state index in [-0.39, 0.29) is 0 Å². The molecule has 0 N–H and O–H groups in total. The second kappa shape index (κ2) is 12.1. The van der Waals surface area contributed by atoms with Gasteiger partial charge in [-0.25, -0.2) is 0 Å². The lowest BCUT2D eigenvalue weighted by molar-refractivity contribution is 0.798. The van der Waals surface area contributed by atoms with Crippen LogP contribution in [-0.2, 0) is 6.54 Å². The van der Waals surface area contributed by atoms with Crippen LogP contribution in [0.15, 0.2) is 188 Å². The van der Waals surface area contributed by atoms with E-state index >= 15 is 0 Å². The van der Waals surface area contributed by atoms with Crippen LogP contribution in [0.2, 0.25) is 0 Å². The van der Waals surface area contributed by atoms with Gasteiger partial charge >= 0.3 is 0 Å². The summed E-state index contributed by atoms with van der Waals surface area (Å²) in [6.45, 7) is 0.701. The first-order valence-corrected chi connectivity index (χ1v) is 15.7. The van der Waals surface area contributed by atoms with Gasteiger partial charge in [-0.1, -0.05) is 127 Å². The normalized spacial score (nSPS) is 11.1. The highest BCUT2D eigenvalue weighted by atomic mass is 15.3. The summed E-state index contributed by atoms with van der Waals surface area (Å²) in [4.78, 5) is 4.75. The first-order chi connectivity index (χ1) is 22.8. The fourth-order valence-electron chi connectivity index (χ4n) is 6.38. The molecular formula is C43H33N3. The Balaban J connectivity index is 1.37. The zero-order valence-corrected chi connectivity index (χ0v) is 25.4. The van der Waals surface area contributed by atoms with E-state index in [0.717, 1.165) is 34.4 Å². The molecule has 1 aromatic heterocycles. The van der Waals surface area contributed by atoms with Crippen molar-refractivity contribution in [1.82, 2.24) is 4.57 Å². The van der Waals surface area contributed by atoms with Crippen molar-refractivity contribution in [2.75, 3.05) is 9.80 Å². The Morgan fingerprint density at radius 1 is 0.326 bits per heavy atom. The van der Waals surface area contributed by atoms with Crippen molar-refractivity contribution in [2.45, 2.75) is 6.54 Å². The van der Waals surface area contributed by atoms with E-state index in [1.54, 1.807) is 0 Å². The molecule has 1 heterocycles. The predicted octanol–water partition coefficient (Wildman–Crippen LogP) is 11.8. The second-order valence-electron chi connectivity index (χ2n) is 11.5. The van der Waals surface area contributed by atoms with E-state index in [2.05, 4.69) is 202 Å². The average molecular weight is 592 g/mol. The number of fused-ring (bicyclic) bond motifs is 2. The molecule has 8 aromatic rings. The zero-order valence-electron chi connectivity index (χ0n) is 25.4. The van der Waals surface area contributed by atoms with Gasteiger partial charge in [0.2, 0.25) is 0 Å². The lowest BCUT2D eigenvalue weighted by Crippen LogP contribution is -2.19. The Hall–Kier alpha value is -6.06. The molecule has 3 heteroatoms. The lowest BCUT2D eigenvalue weighted by Gasteiger charge is -2.31. The van der Waals surface area contributed by atoms with Crippen molar-refractivity contribution in [2.24, 2.45) is 0 Å². The van der Waals surface area contributed by atoms with Crippen LogP contribution >= 0.6 is 0 Å². The number of hydrogen-bond donors (Lipinski definition) is 0. The molecule has 0 aliphatic carbocycles. The van der Waals surface area contributed by atoms with Gasteiger partial charge in [-0.15, -0.1) is 0 Å². The molecule has 8 rings (SSSR count). The summed E-state index contributed by atoms with van der Waals surface area (Å²) in [5.74, 6) is 2.17. The van der Waals surface area contributed by atoms with Crippen LogP contribution in [0, 0.1) is 0 Å². The molecule has 0 aliphatic rings. The largest absolute Gasteiger partial charge is 0.309 e. The maximum Gasteiger partial charge on any atom is 0.119 e. The van der Waals surface area contributed by atoms with Gasteiger partial charge in [-0.2, -0.15) is 0 Å². The van der Waals surface area contributed by atoms with Crippen LogP contribution in [0.25, 0.3) is 21.5 Å². The monoisotopic (exact) mass is 591 g/mol. The Labute approximate surface area is 269 Å². The fraction of sp³-hybridized carbons (Fsp3) is 0.0233. The van der Waals surface area contributed by atoms with Crippen molar-refractivity contribution in [1.29, 1.82) is 0 Å². The van der Waals surface area contributed by atoms with Gasteiger partial charge in [0.25, 0.3) is 0 Å². The SMILES string of the molecule is c1ccc(Cn2c(N(c3ccccc3)c3ccc4ccccc4c3)ccc2N(c2ccccc2)c2ccc3ccccc3c2)cc1. The quantitative estimate of drug-likeness (QED) is 0.174. The van der Waals surface area contributed by atoms with E-state index in [1.165, 1.54) is 27.1 Å². The molecule has 0 fully saturated rings. The number of aromatic nitrogens is 1. The van der Waals surface area contributed by atoms with E-state index in [9.17, 15) is 0 Å². The summed E-state index contributed by atoms with van der Waals surface area (Å²) in [5, 5.41) is 4.88. The average Bonchev–Trinajstić information content (AvgIpc) is 3.51. The minimum atomic E-state index is 0.701. The molecule has 0 amide bonds. The van der Waals surface area contributed by atoms with Gasteiger partial charge < -0.3 is 4.57 Å². The third kappa shape index (κ3) is 5.29. The van der Waals surface area contributed by atoms with Crippen LogP contribution in [0.1, 0.15) is 5.56 Å². The van der Waals surface area contributed by atoms with E-state index in [0.29, 0.717) is 6.54 Å². The molecule has 0 aliphatic heterocycles. The standard InChI is InChI=1S/C43H33N3/c1-4-14-33(15-5-1)32-44-42(45(38-20-6-2-7-21-38)40-26-24-34-16-10-12-18-36(34)30-40)28-29-43(44)46(39-22-8-3-9-23-39)41-27-25-35-17-11-13-19-37(35)31-41/h1-31H,32H2. The van der Waals surface area contributed by atoms with Crippen LogP contribution < -0.4 is 9.80 Å². The summed E-state index contributed by atoms with van der Waals surface area (Å²) in [5.41, 5.74) is 5.67. The summed E-state index contributed by atoms with van der Waals surface area (Å²) in [6.07, 6.45) is 0. The van der Waals surface area contributed by atoms with Crippen LogP contribution in [0.4, 0.5) is 34.4 Å². The molecule has 3 nitrogen and oxygen atoms in total. The first-order valence-electron chi connectivity index (χ1n) is 15.7. The molecule has 0 saturated heterocycles. The van der Waals surface area contributed by atoms with E-state index in [1.807, 2.05) is 0 Å². The molecule has 0 bridgehead atoms. The Morgan fingerprint density at radius 2 is 0.717 bits per heavy atom. The van der Waals surface area contributed by atoms with Crippen molar-refractivity contribution in [3.05, 3.63) is 194 Å². The number of nitrogens with zero attached hydrogens (tertiary/aromatic N) is 3. The second-order valence-corrected chi connectivity index (χ2v) is 11.5. The van der Waals surface area contributed by atoms with Crippen molar-refractivity contribution in [3.8, 4) is 0 Å². The first kappa shape index (κ1) is 27.5. The highest BCUT2D eigenvalue weighted by Gasteiger charge is 2.24. The summed E-state index contributed by atoms with van der Waals surface area (Å²) in [7, 11) is 0. The molecule has 0 atom stereocenters. The Kier molecular flexibility index (Phi) is 7.26. The summed E-state index contributed by atoms with van der Waals surface area (Å²) in [6, 6.07) is 67.2. The topological polar surface area (TPSA) is 11.4 Å². The van der Waals surface area contributed by atoms with Gasteiger partial charge in [0.05, 0.1) is 6.54 Å². The Bertz CT molecular complexity index is 2100. The number of anilines is 6. The molecule has 220 valence electrons. The number of para-hydroxylation sites is 2. The maximum absolute atomic E-state index is 2.44. The van der Waals surface area contributed by atoms with Crippen molar-refractivity contribution < 1.29 is 0 Å². The van der Waals surface area contributed by atoms with E-state index in [4.69, 9.17) is 0 Å². The fourth-order valence-corrected chi connectivity index (χ4v) is 6.38. The molecule has 0 saturated carbocycles. The third-order valence-electron chi connectivity index (χ3n) is 8.59. The van der Waals surface area contributed by atoms with Gasteiger partial charge in [-0.05, 0) is 87.8 Å². The predicted molar refractivity (Wildman–Crippen MR) is 194 cm³/mol. The molecule has 7 aromatic carbocycles. The lowest BCUT2D eigenvalue weighted by atomic mass is 10.1. The minimum absolute atomic E-state index is 0.701. The molecule has 0 unspecified atom stereocenters. The molecular weight excluding hydrogens is 558 g/mol. The molecule has 0 spiro atoms. The summed E-state index contributed by atoms with van der Waals surface area (Å²) >= 11 is 0. The maximum atomic E-state index is 2.44. The van der Waals surface area contributed by atoms with Gasteiger partial charge in [0.1, 0.15) is 11.6 Å². The minimum Gasteiger partial charge on any atom is -0.309 e. The van der Waals surface area contributed by atoms with Crippen molar-refractivity contribution in [3.63, 3.8) is 0 Å². The highest BCUT2D eigenvalue weighted by molar-refractivity contribution is 5.91. The smallest absolute Gasteiger partial charge is 0.119 e. The molecule has 0 radical (unpaired) electrons. The van der Waals surface area contributed by atoms with E-state index < -0.39 is 0 Å². The van der Waals surface area contributed by atoms with Gasteiger partial charge in [0, 0.05) is 22.7 Å². The zero-order chi connectivity index (χ0) is 30.7. The van der Waals surface area contributed by atoms with Crippen LogP contribution in [0.3, 0.4) is 0 Å². The highest BCUT2D eigenvalue weighted by Crippen LogP contribution is 2.43.